The van der Waals surface area contributed by atoms with Crippen LogP contribution < -0.4 is 4.72 Å². The normalized spacial score (nSPS) is 15.2. The van der Waals surface area contributed by atoms with Gasteiger partial charge >= 0.3 is 6.18 Å². The lowest BCUT2D eigenvalue weighted by molar-refractivity contribution is -0.134. The molecule has 0 radical (unpaired) electrons. The summed E-state index contributed by atoms with van der Waals surface area (Å²) in [5.74, 6) is -0.441. The molecule has 1 atom stereocenters. The molecule has 8 heteroatoms. The first kappa shape index (κ1) is 17.0. The van der Waals surface area contributed by atoms with Crippen molar-refractivity contribution in [1.82, 2.24) is 4.72 Å². The van der Waals surface area contributed by atoms with E-state index in [1.54, 1.807) is 0 Å². The molecule has 104 valence electrons. The predicted molar refractivity (Wildman–Crippen MR) is 61.6 cm³/mol. The molecule has 3 nitrogen and oxygen atoms in total. The maximum Gasteiger partial charge on any atom is 0.389 e. The molecule has 0 aromatic heterocycles. The summed E-state index contributed by atoms with van der Waals surface area (Å²) in [4.78, 5) is 0. The van der Waals surface area contributed by atoms with Crippen LogP contribution in [0.1, 0.15) is 26.7 Å². The second-order valence-electron chi connectivity index (χ2n) is 4.15. The van der Waals surface area contributed by atoms with E-state index in [-0.39, 0.29) is 17.8 Å². The van der Waals surface area contributed by atoms with Gasteiger partial charge in [-0.2, -0.15) is 13.2 Å². The second kappa shape index (κ2) is 6.80. The van der Waals surface area contributed by atoms with E-state index in [0.717, 1.165) is 0 Å². The third-order valence-electron chi connectivity index (χ3n) is 2.09. The van der Waals surface area contributed by atoms with Crippen LogP contribution in [0.3, 0.4) is 0 Å². The van der Waals surface area contributed by atoms with E-state index >= 15 is 0 Å². The van der Waals surface area contributed by atoms with Crippen LogP contribution in [0, 0.1) is 5.92 Å². The molecule has 0 aromatic carbocycles. The first-order chi connectivity index (χ1) is 7.53. The van der Waals surface area contributed by atoms with E-state index in [2.05, 4.69) is 4.72 Å². The molecule has 0 amide bonds. The monoisotopic (exact) mass is 295 g/mol. The molecular weight excluding hydrogens is 279 g/mol. The molecule has 0 aliphatic carbocycles. The summed E-state index contributed by atoms with van der Waals surface area (Å²) in [6, 6.07) is 0. The Kier molecular flexibility index (Phi) is 6.79. The number of halogens is 4. The average Bonchev–Trinajstić information content (AvgIpc) is 2.11. The molecule has 0 fully saturated rings. The van der Waals surface area contributed by atoms with E-state index in [0.29, 0.717) is 0 Å². The van der Waals surface area contributed by atoms with Gasteiger partial charge in [-0.1, -0.05) is 13.8 Å². The second-order valence-corrected chi connectivity index (χ2v) is 6.63. The largest absolute Gasteiger partial charge is 0.389 e. The topological polar surface area (TPSA) is 46.2 Å². The Bertz CT molecular complexity index is 317. The smallest absolute Gasteiger partial charge is 0.214 e. The lowest BCUT2D eigenvalue weighted by Gasteiger charge is -2.14. The molecule has 0 aliphatic heterocycles. The van der Waals surface area contributed by atoms with Crippen LogP contribution in [0.5, 0.6) is 0 Å². The molecule has 0 spiro atoms. The highest BCUT2D eigenvalue weighted by Crippen LogP contribution is 2.21. The molecule has 1 N–H and O–H groups in total. The number of rotatable bonds is 7. The Labute approximate surface area is 105 Å². The predicted octanol–water partition coefficient (Wildman–Crippen LogP) is 2.51. The van der Waals surface area contributed by atoms with Gasteiger partial charge in [0.05, 0.1) is 5.75 Å². The van der Waals surface area contributed by atoms with Gasteiger partial charge < -0.3 is 0 Å². The Morgan fingerprint density at radius 1 is 1.29 bits per heavy atom. The molecule has 1 unspecified atom stereocenters. The maximum absolute atomic E-state index is 11.8. The van der Waals surface area contributed by atoms with Crippen molar-refractivity contribution in [3.63, 3.8) is 0 Å². The molecule has 0 heterocycles. The molecule has 0 saturated carbocycles. The van der Waals surface area contributed by atoms with Crippen LogP contribution in [0.2, 0.25) is 0 Å². The van der Waals surface area contributed by atoms with Crippen molar-refractivity contribution in [2.45, 2.75) is 38.2 Å². The molecule has 0 aliphatic rings. The van der Waals surface area contributed by atoms with Crippen molar-refractivity contribution < 1.29 is 21.6 Å². The Hall–Kier alpha value is -0.0100. The van der Waals surface area contributed by atoms with E-state index < -0.39 is 34.8 Å². The quantitative estimate of drug-likeness (QED) is 0.734. The molecule has 0 bridgehead atoms. The van der Waals surface area contributed by atoms with Gasteiger partial charge in [0.15, 0.2) is 0 Å². The standard InChI is InChI=1S/C9H17ClF3NO2S/c1-7(2)8(10)6-14-17(15,16)5-3-4-9(11,12)13/h7-8,14H,3-6H2,1-2H3. The number of hydrogen-bond acceptors (Lipinski definition) is 2. The first-order valence-corrected chi connectivity index (χ1v) is 7.30. The maximum atomic E-state index is 11.8. The summed E-state index contributed by atoms with van der Waals surface area (Å²) < 4.78 is 60.3. The number of nitrogens with one attached hydrogen (secondary N) is 1. The molecule has 0 rings (SSSR count). The van der Waals surface area contributed by atoms with Crippen LogP contribution in [-0.2, 0) is 10.0 Å². The van der Waals surface area contributed by atoms with Gasteiger partial charge in [0.25, 0.3) is 0 Å². The van der Waals surface area contributed by atoms with E-state index in [9.17, 15) is 21.6 Å². The van der Waals surface area contributed by atoms with E-state index in [1.807, 2.05) is 13.8 Å². The van der Waals surface area contributed by atoms with Crippen molar-refractivity contribution >= 4 is 21.6 Å². The average molecular weight is 296 g/mol. The van der Waals surface area contributed by atoms with Crippen LogP contribution in [-0.4, -0.2) is 32.3 Å². The number of sulfonamides is 1. The fraction of sp³-hybridized carbons (Fsp3) is 1.00. The Balaban J connectivity index is 3.97. The minimum absolute atomic E-state index is 0.0353. The van der Waals surface area contributed by atoms with Crippen LogP contribution in [0.25, 0.3) is 0 Å². The van der Waals surface area contributed by atoms with Crippen LogP contribution in [0.15, 0.2) is 0 Å². The SMILES string of the molecule is CC(C)C(Cl)CNS(=O)(=O)CCCC(F)(F)F. The van der Waals surface area contributed by atoms with Crippen molar-refractivity contribution in [1.29, 1.82) is 0 Å². The summed E-state index contributed by atoms with van der Waals surface area (Å²) in [6.45, 7) is 3.69. The van der Waals surface area contributed by atoms with Crippen LogP contribution in [0.4, 0.5) is 13.2 Å². The summed E-state index contributed by atoms with van der Waals surface area (Å²) in [5.41, 5.74) is 0. The first-order valence-electron chi connectivity index (χ1n) is 5.21. The summed E-state index contributed by atoms with van der Waals surface area (Å²) in [6.07, 6.45) is -5.85. The number of hydrogen-bond donors (Lipinski definition) is 1. The van der Waals surface area contributed by atoms with Crippen molar-refractivity contribution in [2.24, 2.45) is 5.92 Å². The fourth-order valence-electron chi connectivity index (χ4n) is 0.977. The van der Waals surface area contributed by atoms with Gasteiger partial charge in [-0.05, 0) is 12.3 Å². The minimum Gasteiger partial charge on any atom is -0.214 e. The molecular formula is C9H17ClF3NO2S. The van der Waals surface area contributed by atoms with Crippen molar-refractivity contribution in [3.8, 4) is 0 Å². The van der Waals surface area contributed by atoms with Gasteiger partial charge in [-0.3, -0.25) is 0 Å². The lowest BCUT2D eigenvalue weighted by atomic mass is 10.1. The number of alkyl halides is 4. The van der Waals surface area contributed by atoms with Crippen molar-refractivity contribution in [3.05, 3.63) is 0 Å². The van der Waals surface area contributed by atoms with E-state index in [4.69, 9.17) is 11.6 Å². The lowest BCUT2D eigenvalue weighted by Crippen LogP contribution is -2.33. The zero-order valence-corrected chi connectivity index (χ0v) is 11.3. The van der Waals surface area contributed by atoms with Crippen LogP contribution >= 0.6 is 11.6 Å². The molecule has 0 aromatic rings. The zero-order valence-electron chi connectivity index (χ0n) is 9.72. The Morgan fingerprint density at radius 3 is 2.24 bits per heavy atom. The Morgan fingerprint density at radius 2 is 1.82 bits per heavy atom. The van der Waals surface area contributed by atoms with Gasteiger partial charge in [-0.25, -0.2) is 13.1 Å². The third-order valence-corrected chi connectivity index (χ3v) is 4.19. The third kappa shape index (κ3) is 9.67. The van der Waals surface area contributed by atoms with Gasteiger partial charge in [-0.15, -0.1) is 11.6 Å². The van der Waals surface area contributed by atoms with Gasteiger partial charge in [0.1, 0.15) is 0 Å². The molecule has 0 saturated heterocycles. The van der Waals surface area contributed by atoms with Gasteiger partial charge in [0.2, 0.25) is 10.0 Å². The summed E-state index contributed by atoms with van der Waals surface area (Å²) >= 11 is 5.82. The van der Waals surface area contributed by atoms with Crippen molar-refractivity contribution in [2.75, 3.05) is 12.3 Å². The minimum atomic E-state index is -4.32. The fourth-order valence-corrected chi connectivity index (χ4v) is 2.25. The summed E-state index contributed by atoms with van der Waals surface area (Å²) in [5, 5.41) is -0.368. The highest BCUT2D eigenvalue weighted by atomic mass is 35.5. The van der Waals surface area contributed by atoms with Gasteiger partial charge in [0, 0.05) is 18.3 Å². The zero-order chi connectivity index (χ0) is 13.7. The molecule has 17 heavy (non-hydrogen) atoms. The summed E-state index contributed by atoms with van der Waals surface area (Å²) in [7, 11) is -3.67. The van der Waals surface area contributed by atoms with E-state index in [1.165, 1.54) is 0 Å². The highest BCUT2D eigenvalue weighted by molar-refractivity contribution is 7.89. The highest BCUT2D eigenvalue weighted by Gasteiger charge is 2.27.